The van der Waals surface area contributed by atoms with E-state index in [0.717, 1.165) is 0 Å². The first-order valence-corrected chi connectivity index (χ1v) is 10.8. The Morgan fingerprint density at radius 1 is 0.529 bits per heavy atom. The van der Waals surface area contributed by atoms with Gasteiger partial charge in [-0.3, -0.25) is 40.9 Å². The normalized spacial score (nSPS) is 10.2. The Hall–Kier alpha value is -3.37. The number of amides is 4. The molecular weight excluding hydrogens is 528 g/mol. The molecule has 3 aromatic rings. The average molecular weight is 541 g/mol. The van der Waals surface area contributed by atoms with Gasteiger partial charge in [-0.25, -0.2) is 4.98 Å². The van der Waals surface area contributed by atoms with Gasteiger partial charge in [-0.1, -0.05) is 52.5 Å². The number of nitrogens with zero attached hydrogens (tertiary/aromatic N) is 1. The summed E-state index contributed by atoms with van der Waals surface area (Å²) >= 11 is 23.4. The van der Waals surface area contributed by atoms with Crippen molar-refractivity contribution in [1.29, 1.82) is 0 Å². The Morgan fingerprint density at radius 2 is 0.912 bits per heavy atom. The van der Waals surface area contributed by atoms with E-state index in [0.29, 0.717) is 0 Å². The summed E-state index contributed by atoms with van der Waals surface area (Å²) in [4.78, 5) is 52.9. The number of hydrogen-bond acceptors (Lipinski definition) is 5. The number of aromatic nitrogens is 1. The second kappa shape index (κ2) is 11.2. The smallest absolute Gasteiger partial charge is 0.267 e. The lowest BCUT2D eigenvalue weighted by Crippen LogP contribution is -2.43. The van der Waals surface area contributed by atoms with Crippen LogP contribution in [0.25, 0.3) is 0 Å². The third kappa shape index (κ3) is 6.36. The molecule has 0 atom stereocenters. The lowest BCUT2D eigenvalue weighted by molar-refractivity contribution is 0.0836. The number of rotatable bonds is 4. The topological polar surface area (TPSA) is 129 Å². The molecule has 0 saturated heterocycles. The predicted molar refractivity (Wildman–Crippen MR) is 127 cm³/mol. The van der Waals surface area contributed by atoms with Gasteiger partial charge in [0.2, 0.25) is 0 Å². The Bertz CT molecular complexity index is 1210. The van der Waals surface area contributed by atoms with Crippen molar-refractivity contribution in [2.45, 2.75) is 0 Å². The minimum Gasteiger partial charge on any atom is -0.267 e. The molecule has 0 fully saturated rings. The molecule has 13 heteroatoms. The van der Waals surface area contributed by atoms with E-state index in [4.69, 9.17) is 46.4 Å². The number of carbonyl (C=O) groups excluding carboxylic acids is 4. The van der Waals surface area contributed by atoms with Crippen molar-refractivity contribution in [3.8, 4) is 0 Å². The fraction of sp³-hybridized carbons (Fsp3) is 0. The minimum atomic E-state index is -0.789. The average Bonchev–Trinajstić information content (AvgIpc) is 2.84. The second-order valence-corrected chi connectivity index (χ2v) is 8.11. The summed E-state index contributed by atoms with van der Waals surface area (Å²) in [6.07, 6.45) is 0. The summed E-state index contributed by atoms with van der Waals surface area (Å²) in [5.41, 5.74) is 8.74. The van der Waals surface area contributed by atoms with E-state index in [1.807, 2.05) is 0 Å². The van der Waals surface area contributed by atoms with Crippen LogP contribution >= 0.6 is 46.4 Å². The monoisotopic (exact) mass is 539 g/mol. The Morgan fingerprint density at radius 3 is 1.29 bits per heavy atom. The van der Waals surface area contributed by atoms with Gasteiger partial charge in [-0.2, -0.15) is 0 Å². The molecule has 174 valence electrons. The van der Waals surface area contributed by atoms with Crippen LogP contribution in [0.4, 0.5) is 0 Å². The SMILES string of the molecule is O=C(NNC(=O)c1cccc(C(=O)NNC(=O)c2ccc(Cl)c(Cl)c2)n1)c1ccc(Cl)c(Cl)c1. The Kier molecular flexibility index (Phi) is 8.30. The van der Waals surface area contributed by atoms with E-state index in [1.165, 1.54) is 54.6 Å². The lowest BCUT2D eigenvalue weighted by Gasteiger charge is -2.10. The number of nitrogens with one attached hydrogen (secondary N) is 4. The molecular formula is C21H13Cl4N5O4. The molecule has 0 unspecified atom stereocenters. The Labute approximate surface area is 212 Å². The molecule has 1 heterocycles. The molecule has 0 aliphatic heterocycles. The molecule has 4 amide bonds. The highest BCUT2D eigenvalue weighted by Crippen LogP contribution is 2.23. The molecule has 2 aromatic carbocycles. The van der Waals surface area contributed by atoms with E-state index in [1.54, 1.807) is 0 Å². The molecule has 1 aromatic heterocycles. The molecule has 0 spiro atoms. The molecule has 0 bridgehead atoms. The molecule has 0 saturated carbocycles. The molecule has 4 N–H and O–H groups in total. The Balaban J connectivity index is 1.58. The molecule has 34 heavy (non-hydrogen) atoms. The summed E-state index contributed by atoms with van der Waals surface area (Å²) in [6.45, 7) is 0. The largest absolute Gasteiger partial charge is 0.288 e. The zero-order chi connectivity index (χ0) is 24.8. The van der Waals surface area contributed by atoms with Crippen LogP contribution in [0.5, 0.6) is 0 Å². The quantitative estimate of drug-likeness (QED) is 0.373. The summed E-state index contributed by atoms with van der Waals surface area (Å²) < 4.78 is 0. The minimum absolute atomic E-state index is 0.161. The maximum Gasteiger partial charge on any atom is 0.288 e. The number of halogens is 4. The fourth-order valence-electron chi connectivity index (χ4n) is 2.46. The molecule has 0 aliphatic carbocycles. The van der Waals surface area contributed by atoms with Crippen molar-refractivity contribution in [3.05, 3.63) is 97.2 Å². The van der Waals surface area contributed by atoms with Crippen molar-refractivity contribution in [1.82, 2.24) is 26.7 Å². The van der Waals surface area contributed by atoms with Gasteiger partial charge in [0, 0.05) is 11.1 Å². The van der Waals surface area contributed by atoms with Crippen LogP contribution in [0.2, 0.25) is 20.1 Å². The van der Waals surface area contributed by atoms with Gasteiger partial charge in [-0.15, -0.1) is 0 Å². The highest BCUT2D eigenvalue weighted by atomic mass is 35.5. The van der Waals surface area contributed by atoms with Crippen molar-refractivity contribution < 1.29 is 19.2 Å². The number of hydrogen-bond donors (Lipinski definition) is 4. The third-order valence-corrected chi connectivity index (χ3v) is 5.64. The predicted octanol–water partition coefficient (Wildman–Crippen LogP) is 3.84. The summed E-state index contributed by atoms with van der Waals surface area (Å²) in [7, 11) is 0. The van der Waals surface area contributed by atoms with Crippen molar-refractivity contribution in [2.75, 3.05) is 0 Å². The van der Waals surface area contributed by atoms with Crippen LogP contribution < -0.4 is 21.7 Å². The maximum atomic E-state index is 12.3. The van der Waals surface area contributed by atoms with E-state index >= 15 is 0 Å². The summed E-state index contributed by atoms with van der Waals surface area (Å²) in [5.74, 6) is -2.87. The van der Waals surface area contributed by atoms with Gasteiger partial charge in [0.15, 0.2) is 0 Å². The summed E-state index contributed by atoms with van der Waals surface area (Å²) in [5, 5.41) is 0.893. The highest BCUT2D eigenvalue weighted by molar-refractivity contribution is 6.42. The maximum absolute atomic E-state index is 12.3. The number of benzene rings is 2. The third-order valence-electron chi connectivity index (χ3n) is 4.16. The number of hydrazine groups is 2. The van der Waals surface area contributed by atoms with E-state index in [-0.39, 0.29) is 42.6 Å². The van der Waals surface area contributed by atoms with E-state index < -0.39 is 23.6 Å². The molecule has 3 rings (SSSR count). The van der Waals surface area contributed by atoms with Crippen molar-refractivity contribution in [3.63, 3.8) is 0 Å². The second-order valence-electron chi connectivity index (χ2n) is 6.48. The van der Waals surface area contributed by atoms with Gasteiger partial charge in [0.1, 0.15) is 11.4 Å². The van der Waals surface area contributed by atoms with Crippen LogP contribution in [-0.2, 0) is 0 Å². The number of carbonyl (C=O) groups is 4. The first kappa shape index (κ1) is 25.3. The number of pyridine rings is 1. The van der Waals surface area contributed by atoms with Crippen LogP contribution in [0.1, 0.15) is 41.7 Å². The molecule has 9 nitrogen and oxygen atoms in total. The fourth-order valence-corrected chi connectivity index (χ4v) is 3.06. The van der Waals surface area contributed by atoms with Crippen LogP contribution in [-0.4, -0.2) is 28.6 Å². The van der Waals surface area contributed by atoms with Gasteiger partial charge in [0.05, 0.1) is 20.1 Å². The van der Waals surface area contributed by atoms with Crippen molar-refractivity contribution in [2.24, 2.45) is 0 Å². The first-order chi connectivity index (χ1) is 16.2. The van der Waals surface area contributed by atoms with Gasteiger partial charge < -0.3 is 0 Å². The van der Waals surface area contributed by atoms with Gasteiger partial charge >= 0.3 is 0 Å². The van der Waals surface area contributed by atoms with Crippen molar-refractivity contribution >= 4 is 70.0 Å². The highest BCUT2D eigenvalue weighted by Gasteiger charge is 2.15. The molecule has 0 radical (unpaired) electrons. The zero-order valence-corrected chi connectivity index (χ0v) is 19.8. The van der Waals surface area contributed by atoms with Crippen LogP contribution in [0.15, 0.2) is 54.6 Å². The standard InChI is InChI=1S/C21H13Cl4N5O4/c22-12-6-4-10(8-14(12)24)18(31)27-29-20(33)16-2-1-3-17(26-16)21(34)30-28-19(32)11-5-7-13(23)15(25)9-11/h1-9H,(H,27,31)(H,28,32)(H,29,33)(H,30,34). The van der Waals surface area contributed by atoms with Crippen LogP contribution in [0, 0.1) is 0 Å². The van der Waals surface area contributed by atoms with Crippen LogP contribution in [0.3, 0.4) is 0 Å². The molecule has 0 aliphatic rings. The lowest BCUT2D eigenvalue weighted by atomic mass is 10.2. The zero-order valence-electron chi connectivity index (χ0n) is 16.8. The van der Waals surface area contributed by atoms with E-state index in [2.05, 4.69) is 26.7 Å². The van der Waals surface area contributed by atoms with E-state index in [9.17, 15) is 19.2 Å². The summed E-state index contributed by atoms with van der Waals surface area (Å²) in [6, 6.07) is 12.4. The van der Waals surface area contributed by atoms with Gasteiger partial charge in [0.25, 0.3) is 23.6 Å². The first-order valence-electron chi connectivity index (χ1n) is 9.24. The van der Waals surface area contributed by atoms with Gasteiger partial charge in [-0.05, 0) is 48.5 Å².